The SMILES string of the molecule is CN(c1c(C(=O)NS(=O)(=O)C2(C)CC2)ccc(C(=O)O)c1F)C1CCC1. The Bertz CT molecular complexity index is 875. The average Bonchev–Trinajstić information content (AvgIpc) is 3.23. The number of halogens is 1. The lowest BCUT2D eigenvalue weighted by molar-refractivity contribution is 0.0691. The van der Waals surface area contributed by atoms with E-state index in [1.54, 1.807) is 7.05 Å². The second-order valence-electron chi connectivity index (χ2n) is 7.21. The van der Waals surface area contributed by atoms with Crippen LogP contribution in [-0.2, 0) is 10.0 Å². The van der Waals surface area contributed by atoms with Crippen LogP contribution in [0.2, 0.25) is 0 Å². The normalized spacial score (nSPS) is 18.7. The molecule has 0 aromatic heterocycles. The number of benzene rings is 1. The molecule has 1 aromatic rings. The summed E-state index contributed by atoms with van der Waals surface area (Å²) >= 11 is 0. The van der Waals surface area contributed by atoms with Crippen LogP contribution in [0, 0.1) is 5.82 Å². The van der Waals surface area contributed by atoms with Crippen molar-refractivity contribution < 1.29 is 27.5 Å². The van der Waals surface area contributed by atoms with Crippen LogP contribution in [-0.4, -0.2) is 43.2 Å². The van der Waals surface area contributed by atoms with Crippen molar-refractivity contribution in [1.82, 2.24) is 4.72 Å². The lowest BCUT2D eigenvalue weighted by Gasteiger charge is -2.37. The van der Waals surface area contributed by atoms with Crippen LogP contribution >= 0.6 is 0 Å². The van der Waals surface area contributed by atoms with Gasteiger partial charge in [0.25, 0.3) is 5.91 Å². The fourth-order valence-electron chi connectivity index (χ4n) is 2.96. The number of hydrogen-bond acceptors (Lipinski definition) is 5. The van der Waals surface area contributed by atoms with Crippen LogP contribution in [0.25, 0.3) is 0 Å². The number of carbonyl (C=O) groups excluding carboxylic acids is 1. The molecule has 2 N–H and O–H groups in total. The Hall–Kier alpha value is -2.16. The maximum atomic E-state index is 14.8. The molecule has 0 radical (unpaired) electrons. The molecule has 142 valence electrons. The van der Waals surface area contributed by atoms with Gasteiger partial charge in [-0.25, -0.2) is 22.3 Å². The molecule has 0 bridgehead atoms. The summed E-state index contributed by atoms with van der Waals surface area (Å²) in [6, 6.07) is 2.13. The summed E-state index contributed by atoms with van der Waals surface area (Å²) in [5.74, 6) is -3.43. The molecule has 0 heterocycles. The molecule has 0 spiro atoms. The third-order valence-corrected chi connectivity index (χ3v) is 7.56. The number of aromatic carboxylic acids is 1. The summed E-state index contributed by atoms with van der Waals surface area (Å²) < 4.78 is 40.5. The fourth-order valence-corrected chi connectivity index (χ4v) is 4.20. The third kappa shape index (κ3) is 3.04. The zero-order valence-corrected chi connectivity index (χ0v) is 15.4. The monoisotopic (exact) mass is 384 g/mol. The Labute approximate surface area is 151 Å². The van der Waals surface area contributed by atoms with Crippen LogP contribution in [0.4, 0.5) is 10.1 Å². The summed E-state index contributed by atoms with van der Waals surface area (Å²) in [5.41, 5.74) is -0.919. The quantitative estimate of drug-likeness (QED) is 0.779. The lowest BCUT2D eigenvalue weighted by Crippen LogP contribution is -2.41. The highest BCUT2D eigenvalue weighted by molar-refractivity contribution is 7.91. The summed E-state index contributed by atoms with van der Waals surface area (Å²) in [7, 11) is -2.30. The van der Waals surface area contributed by atoms with Crippen molar-refractivity contribution in [2.24, 2.45) is 0 Å². The van der Waals surface area contributed by atoms with Gasteiger partial charge in [-0.2, -0.15) is 0 Å². The molecule has 2 fully saturated rings. The lowest BCUT2D eigenvalue weighted by atomic mass is 9.90. The zero-order valence-electron chi connectivity index (χ0n) is 14.6. The molecule has 1 amide bonds. The van der Waals surface area contributed by atoms with Gasteiger partial charge >= 0.3 is 5.97 Å². The molecule has 0 atom stereocenters. The fraction of sp³-hybridized carbons (Fsp3) is 0.529. The highest BCUT2D eigenvalue weighted by Crippen LogP contribution is 2.42. The van der Waals surface area contributed by atoms with Crippen molar-refractivity contribution >= 4 is 27.6 Å². The number of hydrogen-bond donors (Lipinski definition) is 2. The first-order valence-electron chi connectivity index (χ1n) is 8.43. The van der Waals surface area contributed by atoms with Gasteiger partial charge in [0.2, 0.25) is 10.0 Å². The van der Waals surface area contributed by atoms with E-state index >= 15 is 0 Å². The summed E-state index contributed by atoms with van der Waals surface area (Å²) in [5, 5.41) is 9.16. The number of nitrogens with one attached hydrogen (secondary N) is 1. The van der Waals surface area contributed by atoms with Crippen molar-refractivity contribution in [3.05, 3.63) is 29.1 Å². The molecule has 1 aromatic carbocycles. The van der Waals surface area contributed by atoms with E-state index in [-0.39, 0.29) is 17.3 Å². The van der Waals surface area contributed by atoms with E-state index in [0.717, 1.165) is 31.4 Å². The zero-order chi connectivity index (χ0) is 19.3. The van der Waals surface area contributed by atoms with Gasteiger partial charge in [0.15, 0.2) is 5.82 Å². The summed E-state index contributed by atoms with van der Waals surface area (Å²) in [6.07, 6.45) is 3.46. The van der Waals surface area contributed by atoms with Crippen LogP contribution in [0.3, 0.4) is 0 Å². The molecule has 26 heavy (non-hydrogen) atoms. The Morgan fingerprint density at radius 3 is 2.31 bits per heavy atom. The molecule has 0 saturated heterocycles. The predicted octanol–water partition coefficient (Wildman–Crippen LogP) is 2.12. The highest BCUT2D eigenvalue weighted by atomic mass is 32.2. The van der Waals surface area contributed by atoms with Gasteiger partial charge in [0, 0.05) is 13.1 Å². The molecular formula is C17H21FN2O5S. The van der Waals surface area contributed by atoms with Gasteiger partial charge in [0.1, 0.15) is 0 Å². The van der Waals surface area contributed by atoms with E-state index in [4.69, 9.17) is 5.11 Å². The Morgan fingerprint density at radius 2 is 1.85 bits per heavy atom. The minimum absolute atomic E-state index is 0.0161. The van der Waals surface area contributed by atoms with E-state index in [0.29, 0.717) is 12.8 Å². The van der Waals surface area contributed by atoms with Crippen LogP contribution in [0.1, 0.15) is 59.7 Å². The minimum Gasteiger partial charge on any atom is -0.478 e. The number of sulfonamides is 1. The summed E-state index contributed by atoms with van der Waals surface area (Å²) in [6.45, 7) is 1.54. The van der Waals surface area contributed by atoms with Crippen LogP contribution < -0.4 is 9.62 Å². The molecule has 0 unspecified atom stereocenters. The average molecular weight is 384 g/mol. The first kappa shape index (κ1) is 18.6. The molecular weight excluding hydrogens is 363 g/mol. The van der Waals surface area contributed by atoms with Gasteiger partial charge in [-0.05, 0) is 51.2 Å². The van der Waals surface area contributed by atoms with Gasteiger partial charge < -0.3 is 10.0 Å². The van der Waals surface area contributed by atoms with Gasteiger partial charge in [0.05, 0.1) is 21.6 Å². The first-order chi connectivity index (χ1) is 12.1. The van der Waals surface area contributed by atoms with Crippen molar-refractivity contribution in [2.75, 3.05) is 11.9 Å². The molecule has 2 aliphatic carbocycles. The molecule has 2 aliphatic rings. The number of amides is 1. The van der Waals surface area contributed by atoms with E-state index in [1.807, 2.05) is 4.72 Å². The molecule has 7 nitrogen and oxygen atoms in total. The van der Waals surface area contributed by atoms with E-state index < -0.39 is 38.0 Å². The van der Waals surface area contributed by atoms with Crippen molar-refractivity contribution in [3.63, 3.8) is 0 Å². The number of nitrogens with zero attached hydrogens (tertiary/aromatic N) is 1. The van der Waals surface area contributed by atoms with E-state index in [9.17, 15) is 22.4 Å². The second kappa shape index (κ2) is 6.22. The molecule has 0 aliphatic heterocycles. The van der Waals surface area contributed by atoms with E-state index in [2.05, 4.69) is 0 Å². The maximum absolute atomic E-state index is 14.8. The van der Waals surface area contributed by atoms with Crippen LogP contribution in [0.15, 0.2) is 12.1 Å². The third-order valence-electron chi connectivity index (χ3n) is 5.40. The van der Waals surface area contributed by atoms with Crippen molar-refractivity contribution in [2.45, 2.75) is 49.8 Å². The number of carboxylic acid groups (broad SMARTS) is 1. The topological polar surface area (TPSA) is 104 Å². The van der Waals surface area contributed by atoms with Gasteiger partial charge in [-0.1, -0.05) is 0 Å². The Morgan fingerprint density at radius 1 is 1.27 bits per heavy atom. The second-order valence-corrected chi connectivity index (χ2v) is 9.41. The number of carbonyl (C=O) groups is 2. The number of carboxylic acids is 1. The largest absolute Gasteiger partial charge is 0.478 e. The smallest absolute Gasteiger partial charge is 0.338 e. The maximum Gasteiger partial charge on any atom is 0.338 e. The summed E-state index contributed by atoms with van der Waals surface area (Å²) in [4.78, 5) is 25.4. The molecule has 3 rings (SSSR count). The molecule has 2 saturated carbocycles. The highest BCUT2D eigenvalue weighted by Gasteiger charge is 2.51. The van der Waals surface area contributed by atoms with E-state index in [1.165, 1.54) is 11.8 Å². The Kier molecular flexibility index (Phi) is 4.46. The van der Waals surface area contributed by atoms with Gasteiger partial charge in [-0.3, -0.25) is 4.79 Å². The van der Waals surface area contributed by atoms with Gasteiger partial charge in [-0.15, -0.1) is 0 Å². The standard InChI is InChI=1S/C17H21FN2O5S/c1-17(8-9-17)26(24,25)19-15(21)12-7-6-11(16(22)23)13(18)14(12)20(2)10-4-3-5-10/h6-7,10H,3-5,8-9H2,1-2H3,(H,19,21)(H,22,23). The Balaban J connectivity index is 2.01. The molecule has 9 heteroatoms. The predicted molar refractivity (Wildman–Crippen MR) is 93.4 cm³/mol. The minimum atomic E-state index is -3.88. The first-order valence-corrected chi connectivity index (χ1v) is 9.91. The van der Waals surface area contributed by atoms with Crippen LogP contribution in [0.5, 0.6) is 0 Å². The van der Waals surface area contributed by atoms with Crippen molar-refractivity contribution in [3.8, 4) is 0 Å². The van der Waals surface area contributed by atoms with Crippen molar-refractivity contribution in [1.29, 1.82) is 0 Å². The number of anilines is 1. The number of rotatable bonds is 6.